The standard InChI is InChI=1S/C19H28O2/c1-17(2)18(3)11-7-8-12-19(18,20)16(14-21-17)13-15-9-5-4-6-10-15/h4-6,9-10,16,20H,7-8,11-14H2,1-3H3/t16-,18-,19+/m1/s1. The molecule has 3 atom stereocenters. The van der Waals surface area contributed by atoms with Gasteiger partial charge in [-0.1, -0.05) is 50.1 Å². The zero-order valence-corrected chi connectivity index (χ0v) is 13.6. The largest absolute Gasteiger partial charge is 0.389 e. The van der Waals surface area contributed by atoms with Crippen LogP contribution in [0.15, 0.2) is 30.3 Å². The summed E-state index contributed by atoms with van der Waals surface area (Å²) in [5.74, 6) is 0.193. The lowest BCUT2D eigenvalue weighted by molar-refractivity contribution is -0.286. The molecule has 0 spiro atoms. The van der Waals surface area contributed by atoms with Crippen molar-refractivity contribution in [3.05, 3.63) is 35.9 Å². The monoisotopic (exact) mass is 288 g/mol. The van der Waals surface area contributed by atoms with E-state index in [1.54, 1.807) is 0 Å². The highest BCUT2D eigenvalue weighted by atomic mass is 16.5. The molecule has 0 aromatic heterocycles. The third-order valence-electron chi connectivity index (χ3n) is 6.41. The lowest BCUT2D eigenvalue weighted by Crippen LogP contribution is -2.68. The second-order valence-electron chi connectivity index (χ2n) is 7.67. The van der Waals surface area contributed by atoms with Crippen molar-refractivity contribution in [2.45, 2.75) is 64.1 Å². The van der Waals surface area contributed by atoms with Crippen LogP contribution in [0.3, 0.4) is 0 Å². The Morgan fingerprint density at radius 1 is 1.10 bits per heavy atom. The topological polar surface area (TPSA) is 29.5 Å². The predicted octanol–water partition coefficient (Wildman–Crippen LogP) is 3.97. The van der Waals surface area contributed by atoms with E-state index < -0.39 is 5.60 Å². The molecule has 2 heteroatoms. The highest BCUT2D eigenvalue weighted by Crippen LogP contribution is 2.58. The minimum Gasteiger partial charge on any atom is -0.389 e. The summed E-state index contributed by atoms with van der Waals surface area (Å²) in [6.45, 7) is 7.21. The summed E-state index contributed by atoms with van der Waals surface area (Å²) in [5.41, 5.74) is 0.279. The Balaban J connectivity index is 1.92. The third kappa shape index (κ3) is 2.24. The maximum atomic E-state index is 11.6. The maximum absolute atomic E-state index is 11.6. The second-order valence-corrected chi connectivity index (χ2v) is 7.67. The van der Waals surface area contributed by atoms with E-state index in [1.807, 2.05) is 6.07 Å². The summed E-state index contributed by atoms with van der Waals surface area (Å²) in [7, 11) is 0. The molecule has 2 aliphatic rings. The normalized spacial score (nSPS) is 38.8. The second kappa shape index (κ2) is 5.10. The van der Waals surface area contributed by atoms with E-state index >= 15 is 0 Å². The fourth-order valence-corrected chi connectivity index (χ4v) is 4.57. The van der Waals surface area contributed by atoms with E-state index in [4.69, 9.17) is 4.74 Å². The number of aliphatic hydroxyl groups is 1. The van der Waals surface area contributed by atoms with Crippen molar-refractivity contribution in [3.63, 3.8) is 0 Å². The Morgan fingerprint density at radius 3 is 2.48 bits per heavy atom. The summed E-state index contributed by atoms with van der Waals surface area (Å²) in [4.78, 5) is 0. The molecule has 1 saturated carbocycles. The van der Waals surface area contributed by atoms with Gasteiger partial charge in [0, 0.05) is 11.3 Å². The van der Waals surface area contributed by atoms with Crippen LogP contribution < -0.4 is 0 Å². The van der Waals surface area contributed by atoms with Crippen molar-refractivity contribution in [1.29, 1.82) is 0 Å². The molecule has 21 heavy (non-hydrogen) atoms. The van der Waals surface area contributed by atoms with Gasteiger partial charge in [-0.25, -0.2) is 0 Å². The minimum atomic E-state index is -0.608. The Bertz CT molecular complexity index is 496. The number of rotatable bonds is 2. The highest BCUT2D eigenvalue weighted by molar-refractivity contribution is 5.19. The number of benzene rings is 1. The number of hydrogen-bond acceptors (Lipinski definition) is 2. The van der Waals surface area contributed by atoms with Crippen LogP contribution >= 0.6 is 0 Å². The summed E-state index contributed by atoms with van der Waals surface area (Å²) in [6.07, 6.45) is 5.20. The van der Waals surface area contributed by atoms with Crippen LogP contribution in [0.1, 0.15) is 52.0 Å². The zero-order valence-electron chi connectivity index (χ0n) is 13.6. The summed E-state index contributed by atoms with van der Waals surface area (Å²) in [5, 5.41) is 11.6. The predicted molar refractivity (Wildman–Crippen MR) is 85.2 cm³/mol. The first kappa shape index (κ1) is 15.1. The minimum absolute atomic E-state index is 0.157. The van der Waals surface area contributed by atoms with Gasteiger partial charge in [0.15, 0.2) is 0 Å². The van der Waals surface area contributed by atoms with E-state index in [1.165, 1.54) is 12.0 Å². The zero-order chi connectivity index (χ0) is 15.1. The summed E-state index contributed by atoms with van der Waals surface area (Å²) < 4.78 is 6.23. The molecule has 1 aliphatic heterocycles. The SMILES string of the molecule is CC1(C)OC[C@@H](Cc2ccccc2)[C@@]2(O)CCCC[C@]12C. The van der Waals surface area contributed by atoms with Crippen LogP contribution in [0.5, 0.6) is 0 Å². The molecule has 0 bridgehead atoms. The van der Waals surface area contributed by atoms with E-state index in [0.29, 0.717) is 6.61 Å². The van der Waals surface area contributed by atoms with Gasteiger partial charge in [-0.3, -0.25) is 0 Å². The lowest BCUT2D eigenvalue weighted by Gasteiger charge is -2.62. The van der Waals surface area contributed by atoms with Crippen molar-refractivity contribution in [1.82, 2.24) is 0 Å². The first-order valence-corrected chi connectivity index (χ1v) is 8.29. The number of ether oxygens (including phenoxy) is 1. The molecule has 1 heterocycles. The number of hydrogen-bond donors (Lipinski definition) is 1. The fraction of sp³-hybridized carbons (Fsp3) is 0.684. The molecule has 0 unspecified atom stereocenters. The van der Waals surface area contributed by atoms with Gasteiger partial charge in [-0.05, 0) is 38.7 Å². The molecular weight excluding hydrogens is 260 g/mol. The van der Waals surface area contributed by atoms with E-state index in [0.717, 1.165) is 25.7 Å². The average molecular weight is 288 g/mol. The van der Waals surface area contributed by atoms with Gasteiger partial charge in [0.25, 0.3) is 0 Å². The molecule has 2 fully saturated rings. The van der Waals surface area contributed by atoms with Crippen LogP contribution in [0.4, 0.5) is 0 Å². The average Bonchev–Trinajstić information content (AvgIpc) is 2.46. The maximum Gasteiger partial charge on any atom is 0.0781 e. The van der Waals surface area contributed by atoms with Crippen molar-refractivity contribution >= 4 is 0 Å². The third-order valence-corrected chi connectivity index (χ3v) is 6.41. The van der Waals surface area contributed by atoms with Gasteiger partial charge in [0.05, 0.1) is 17.8 Å². The molecule has 1 aliphatic carbocycles. The first-order chi connectivity index (χ1) is 9.89. The molecule has 0 amide bonds. The Morgan fingerprint density at radius 2 is 1.76 bits per heavy atom. The lowest BCUT2D eigenvalue weighted by atomic mass is 9.51. The molecular formula is C19H28O2. The summed E-state index contributed by atoms with van der Waals surface area (Å²) >= 11 is 0. The van der Waals surface area contributed by atoms with Gasteiger partial charge >= 0.3 is 0 Å². The van der Waals surface area contributed by atoms with Crippen LogP contribution in [-0.4, -0.2) is 22.9 Å². The molecule has 116 valence electrons. The van der Waals surface area contributed by atoms with E-state index in [2.05, 4.69) is 45.0 Å². The van der Waals surface area contributed by atoms with Crippen LogP contribution in [0.2, 0.25) is 0 Å². The fourth-order valence-electron chi connectivity index (χ4n) is 4.57. The first-order valence-electron chi connectivity index (χ1n) is 8.29. The molecule has 1 N–H and O–H groups in total. The molecule has 1 aromatic carbocycles. The van der Waals surface area contributed by atoms with Crippen molar-refractivity contribution in [2.24, 2.45) is 11.3 Å². The van der Waals surface area contributed by atoms with Crippen LogP contribution in [0.25, 0.3) is 0 Å². The quantitative estimate of drug-likeness (QED) is 0.892. The molecule has 2 nitrogen and oxygen atoms in total. The Kier molecular flexibility index (Phi) is 3.66. The van der Waals surface area contributed by atoms with E-state index in [-0.39, 0.29) is 16.9 Å². The number of fused-ring (bicyclic) bond motifs is 1. The molecule has 1 saturated heterocycles. The Labute approximate surface area is 128 Å². The van der Waals surface area contributed by atoms with Crippen LogP contribution in [-0.2, 0) is 11.2 Å². The molecule has 1 aromatic rings. The summed E-state index contributed by atoms with van der Waals surface area (Å²) in [6, 6.07) is 10.5. The molecule has 3 rings (SSSR count). The van der Waals surface area contributed by atoms with Crippen LogP contribution in [0, 0.1) is 11.3 Å². The van der Waals surface area contributed by atoms with Crippen molar-refractivity contribution < 1.29 is 9.84 Å². The van der Waals surface area contributed by atoms with Crippen molar-refractivity contribution in [2.75, 3.05) is 6.61 Å². The van der Waals surface area contributed by atoms with Crippen molar-refractivity contribution in [3.8, 4) is 0 Å². The highest BCUT2D eigenvalue weighted by Gasteiger charge is 2.63. The van der Waals surface area contributed by atoms with Gasteiger partial charge in [-0.2, -0.15) is 0 Å². The molecule has 0 radical (unpaired) electrons. The Hall–Kier alpha value is -0.860. The van der Waals surface area contributed by atoms with E-state index in [9.17, 15) is 5.11 Å². The van der Waals surface area contributed by atoms with Gasteiger partial charge in [0.2, 0.25) is 0 Å². The van der Waals surface area contributed by atoms with Gasteiger partial charge < -0.3 is 9.84 Å². The van der Waals surface area contributed by atoms with Gasteiger partial charge in [-0.15, -0.1) is 0 Å². The smallest absolute Gasteiger partial charge is 0.0781 e. The van der Waals surface area contributed by atoms with Gasteiger partial charge in [0.1, 0.15) is 0 Å².